The standard InChI is InChI=1S/C9H10F2O/c1-5(2)6-3-4-7(12)9(11)8(6)10/h3-5,12H,1-2H3. The zero-order valence-corrected chi connectivity index (χ0v) is 6.94. The van der Waals surface area contributed by atoms with Crippen LogP contribution in [0.3, 0.4) is 0 Å². The molecule has 0 amide bonds. The van der Waals surface area contributed by atoms with E-state index in [1.807, 2.05) is 0 Å². The molecule has 0 aliphatic carbocycles. The number of rotatable bonds is 1. The summed E-state index contributed by atoms with van der Waals surface area (Å²) >= 11 is 0. The lowest BCUT2D eigenvalue weighted by molar-refractivity contribution is 0.402. The minimum atomic E-state index is -1.17. The van der Waals surface area contributed by atoms with Gasteiger partial charge in [-0.15, -0.1) is 0 Å². The molecule has 0 unspecified atom stereocenters. The minimum Gasteiger partial charge on any atom is -0.505 e. The maximum absolute atomic E-state index is 13.0. The molecular weight excluding hydrogens is 162 g/mol. The van der Waals surface area contributed by atoms with Crippen molar-refractivity contribution in [3.8, 4) is 5.75 Å². The van der Waals surface area contributed by atoms with Gasteiger partial charge in [0.15, 0.2) is 11.6 Å². The first-order valence-corrected chi connectivity index (χ1v) is 3.71. The maximum Gasteiger partial charge on any atom is 0.200 e. The summed E-state index contributed by atoms with van der Waals surface area (Å²) in [7, 11) is 0. The molecule has 1 rings (SSSR count). The predicted octanol–water partition coefficient (Wildman–Crippen LogP) is 2.79. The molecule has 1 aromatic carbocycles. The first-order chi connectivity index (χ1) is 5.54. The Morgan fingerprint density at radius 2 is 1.75 bits per heavy atom. The summed E-state index contributed by atoms with van der Waals surface area (Å²) in [4.78, 5) is 0. The Bertz CT molecular complexity index is 295. The Hall–Kier alpha value is -1.12. The van der Waals surface area contributed by atoms with E-state index in [0.717, 1.165) is 6.07 Å². The highest BCUT2D eigenvalue weighted by atomic mass is 19.2. The SMILES string of the molecule is CC(C)c1ccc(O)c(F)c1F. The van der Waals surface area contributed by atoms with Crippen molar-refractivity contribution in [2.24, 2.45) is 0 Å². The maximum atomic E-state index is 13.0. The van der Waals surface area contributed by atoms with Gasteiger partial charge in [0.2, 0.25) is 5.82 Å². The molecule has 0 bridgehead atoms. The average Bonchev–Trinajstić information content (AvgIpc) is 2.00. The van der Waals surface area contributed by atoms with Gasteiger partial charge >= 0.3 is 0 Å². The summed E-state index contributed by atoms with van der Waals surface area (Å²) in [5.41, 5.74) is 0.283. The van der Waals surface area contributed by atoms with Crippen LogP contribution in [-0.2, 0) is 0 Å². The van der Waals surface area contributed by atoms with Gasteiger partial charge in [-0.3, -0.25) is 0 Å². The Balaban J connectivity index is 3.27. The summed E-state index contributed by atoms with van der Waals surface area (Å²) in [6.07, 6.45) is 0. The van der Waals surface area contributed by atoms with Gasteiger partial charge in [-0.2, -0.15) is 4.39 Å². The van der Waals surface area contributed by atoms with Gasteiger partial charge in [0, 0.05) is 0 Å². The highest BCUT2D eigenvalue weighted by molar-refractivity contribution is 5.31. The third kappa shape index (κ3) is 1.40. The number of hydrogen-bond donors (Lipinski definition) is 1. The topological polar surface area (TPSA) is 20.2 Å². The molecule has 0 saturated carbocycles. The van der Waals surface area contributed by atoms with Crippen LogP contribution in [0.1, 0.15) is 25.3 Å². The largest absolute Gasteiger partial charge is 0.505 e. The number of halogens is 2. The van der Waals surface area contributed by atoms with E-state index in [1.54, 1.807) is 13.8 Å². The molecule has 0 aromatic heterocycles. The third-order valence-corrected chi connectivity index (χ3v) is 1.71. The van der Waals surface area contributed by atoms with Crippen molar-refractivity contribution in [3.05, 3.63) is 29.3 Å². The fraction of sp³-hybridized carbons (Fsp3) is 0.333. The van der Waals surface area contributed by atoms with E-state index < -0.39 is 17.4 Å². The van der Waals surface area contributed by atoms with Crippen molar-refractivity contribution in [2.45, 2.75) is 19.8 Å². The number of benzene rings is 1. The number of aromatic hydroxyl groups is 1. The van der Waals surface area contributed by atoms with Crippen LogP contribution in [0.15, 0.2) is 12.1 Å². The van der Waals surface area contributed by atoms with Crippen LogP contribution >= 0.6 is 0 Å². The second-order valence-corrected chi connectivity index (χ2v) is 2.96. The number of hydrogen-bond acceptors (Lipinski definition) is 1. The Labute approximate surface area is 69.7 Å². The minimum absolute atomic E-state index is 0.0832. The molecule has 0 atom stereocenters. The molecule has 66 valence electrons. The van der Waals surface area contributed by atoms with Crippen molar-refractivity contribution >= 4 is 0 Å². The van der Waals surface area contributed by atoms with Crippen LogP contribution in [0.2, 0.25) is 0 Å². The second kappa shape index (κ2) is 3.09. The number of phenols is 1. The average molecular weight is 172 g/mol. The molecule has 1 aromatic rings. The Morgan fingerprint density at radius 1 is 1.17 bits per heavy atom. The fourth-order valence-electron chi connectivity index (χ4n) is 1.00. The summed E-state index contributed by atoms with van der Waals surface area (Å²) in [6, 6.07) is 2.55. The smallest absolute Gasteiger partial charge is 0.200 e. The van der Waals surface area contributed by atoms with Crippen LogP contribution < -0.4 is 0 Å². The van der Waals surface area contributed by atoms with Gasteiger partial charge in [-0.1, -0.05) is 19.9 Å². The van der Waals surface area contributed by atoms with Crippen LogP contribution in [0.25, 0.3) is 0 Å². The molecule has 0 spiro atoms. The normalized spacial score (nSPS) is 10.8. The van der Waals surface area contributed by atoms with Crippen LogP contribution in [0.4, 0.5) is 8.78 Å². The first-order valence-electron chi connectivity index (χ1n) is 3.71. The van der Waals surface area contributed by atoms with E-state index in [0.29, 0.717) is 0 Å². The second-order valence-electron chi connectivity index (χ2n) is 2.96. The van der Waals surface area contributed by atoms with Crippen LogP contribution in [0, 0.1) is 11.6 Å². The summed E-state index contributed by atoms with van der Waals surface area (Å²) < 4.78 is 25.7. The van der Waals surface area contributed by atoms with Crippen molar-refractivity contribution in [2.75, 3.05) is 0 Å². The zero-order valence-electron chi connectivity index (χ0n) is 6.94. The molecule has 0 aliphatic heterocycles. The fourth-order valence-corrected chi connectivity index (χ4v) is 1.00. The lowest BCUT2D eigenvalue weighted by Gasteiger charge is -2.07. The van der Waals surface area contributed by atoms with Crippen LogP contribution in [-0.4, -0.2) is 5.11 Å². The van der Waals surface area contributed by atoms with Gasteiger partial charge in [0.1, 0.15) is 0 Å². The summed E-state index contributed by atoms with van der Waals surface area (Å²) in [6.45, 7) is 3.52. The van der Waals surface area contributed by atoms with Crippen LogP contribution in [0.5, 0.6) is 5.75 Å². The summed E-state index contributed by atoms with van der Waals surface area (Å²) in [5.74, 6) is -2.84. The predicted molar refractivity (Wildman–Crippen MR) is 42.1 cm³/mol. The molecule has 0 fully saturated rings. The van der Waals surface area contributed by atoms with Crippen molar-refractivity contribution in [1.29, 1.82) is 0 Å². The molecule has 0 radical (unpaired) electrons. The van der Waals surface area contributed by atoms with Crippen molar-refractivity contribution in [3.63, 3.8) is 0 Å². The highest BCUT2D eigenvalue weighted by Crippen LogP contribution is 2.25. The summed E-state index contributed by atoms with van der Waals surface area (Å²) in [5, 5.41) is 8.79. The van der Waals surface area contributed by atoms with Crippen molar-refractivity contribution < 1.29 is 13.9 Å². The molecular formula is C9H10F2O. The van der Waals surface area contributed by atoms with E-state index >= 15 is 0 Å². The lowest BCUT2D eigenvalue weighted by atomic mass is 10.0. The van der Waals surface area contributed by atoms with E-state index in [9.17, 15) is 8.78 Å². The molecule has 1 nitrogen and oxygen atoms in total. The van der Waals surface area contributed by atoms with Gasteiger partial charge in [-0.25, -0.2) is 4.39 Å². The van der Waals surface area contributed by atoms with Gasteiger partial charge in [0.05, 0.1) is 0 Å². The van der Waals surface area contributed by atoms with Gasteiger partial charge in [-0.05, 0) is 17.5 Å². The van der Waals surface area contributed by atoms with E-state index in [2.05, 4.69) is 0 Å². The number of phenolic OH excluding ortho intramolecular Hbond substituents is 1. The molecule has 12 heavy (non-hydrogen) atoms. The first kappa shape index (κ1) is 8.97. The molecule has 3 heteroatoms. The zero-order chi connectivity index (χ0) is 9.30. The molecule has 1 N–H and O–H groups in total. The monoisotopic (exact) mass is 172 g/mol. The van der Waals surface area contributed by atoms with Gasteiger partial charge < -0.3 is 5.11 Å². The lowest BCUT2D eigenvalue weighted by Crippen LogP contribution is -1.96. The third-order valence-electron chi connectivity index (χ3n) is 1.71. The van der Waals surface area contributed by atoms with Gasteiger partial charge in [0.25, 0.3) is 0 Å². The molecule has 0 saturated heterocycles. The Kier molecular flexibility index (Phi) is 2.31. The highest BCUT2D eigenvalue weighted by Gasteiger charge is 2.14. The molecule has 0 heterocycles. The molecule has 0 aliphatic rings. The van der Waals surface area contributed by atoms with E-state index in [-0.39, 0.29) is 11.5 Å². The quantitative estimate of drug-likeness (QED) is 0.690. The Morgan fingerprint density at radius 3 is 2.25 bits per heavy atom. The van der Waals surface area contributed by atoms with E-state index in [1.165, 1.54) is 6.07 Å². The van der Waals surface area contributed by atoms with Crippen molar-refractivity contribution in [1.82, 2.24) is 0 Å². The van der Waals surface area contributed by atoms with E-state index in [4.69, 9.17) is 5.11 Å².